The Morgan fingerprint density at radius 3 is 2.58 bits per heavy atom. The van der Waals surface area contributed by atoms with E-state index < -0.39 is 11.8 Å². The highest BCUT2D eigenvalue weighted by molar-refractivity contribution is 6.41. The van der Waals surface area contributed by atoms with Crippen molar-refractivity contribution in [2.24, 2.45) is 5.10 Å². The van der Waals surface area contributed by atoms with Crippen molar-refractivity contribution in [3.63, 3.8) is 0 Å². The molecule has 0 unspecified atom stereocenters. The summed E-state index contributed by atoms with van der Waals surface area (Å²) in [7, 11) is 0. The van der Waals surface area contributed by atoms with E-state index in [-0.39, 0.29) is 11.1 Å². The van der Waals surface area contributed by atoms with Crippen LogP contribution in [0.15, 0.2) is 64.5 Å². The summed E-state index contributed by atoms with van der Waals surface area (Å²) in [6.07, 6.45) is 1.17. The number of nitrogens with one attached hydrogen (secondary N) is 3. The van der Waals surface area contributed by atoms with Crippen molar-refractivity contribution in [2.75, 3.05) is 5.32 Å². The number of hydrogen-bond donors (Lipinski definition) is 3. The fourth-order valence-corrected chi connectivity index (χ4v) is 2.40. The summed E-state index contributed by atoms with van der Waals surface area (Å²) < 4.78 is 0. The van der Waals surface area contributed by atoms with Crippen LogP contribution in [0.5, 0.6) is 0 Å². The smallest absolute Gasteiger partial charge is 0.321 e. The number of carbonyl (C=O) groups excluding carboxylic acids is 2. The summed E-state index contributed by atoms with van der Waals surface area (Å²) in [4.78, 5) is 38.3. The Bertz CT molecular complexity index is 1080. The zero-order valence-electron chi connectivity index (χ0n) is 13.3. The normalized spacial score (nSPS) is 10.8. The zero-order chi connectivity index (χ0) is 18.5. The number of benzene rings is 2. The molecule has 0 saturated carbocycles. The van der Waals surface area contributed by atoms with E-state index in [1.54, 1.807) is 36.4 Å². The molecule has 0 spiro atoms. The Hall–Kier alpha value is -3.45. The minimum Gasteiger partial charge on any atom is -0.321 e. The molecular formula is C18H13ClN4O3. The third kappa shape index (κ3) is 3.96. The highest BCUT2D eigenvalue weighted by atomic mass is 35.5. The van der Waals surface area contributed by atoms with Gasteiger partial charge in [-0.1, -0.05) is 41.9 Å². The molecule has 0 aliphatic heterocycles. The van der Waals surface area contributed by atoms with Gasteiger partial charge in [-0.05, 0) is 29.7 Å². The van der Waals surface area contributed by atoms with Gasteiger partial charge in [0.15, 0.2) is 0 Å². The van der Waals surface area contributed by atoms with Crippen LogP contribution < -0.4 is 16.3 Å². The van der Waals surface area contributed by atoms with Gasteiger partial charge in [0.2, 0.25) is 0 Å². The molecule has 26 heavy (non-hydrogen) atoms. The number of halogens is 1. The van der Waals surface area contributed by atoms with Crippen molar-refractivity contribution in [1.82, 2.24) is 10.4 Å². The van der Waals surface area contributed by atoms with E-state index in [0.717, 1.165) is 5.39 Å². The van der Waals surface area contributed by atoms with Crippen molar-refractivity contribution in [1.29, 1.82) is 0 Å². The Balaban J connectivity index is 1.67. The summed E-state index contributed by atoms with van der Waals surface area (Å²) in [5.74, 6) is -1.92. The molecule has 0 bridgehead atoms. The molecule has 0 radical (unpaired) electrons. The SMILES string of the molecule is O=C(N/N=C/c1cc2ccccc2[nH]c1=O)C(=O)Nc1ccccc1Cl. The fourth-order valence-electron chi connectivity index (χ4n) is 2.21. The van der Waals surface area contributed by atoms with Gasteiger partial charge >= 0.3 is 11.8 Å². The van der Waals surface area contributed by atoms with Crippen LogP contribution in [-0.2, 0) is 9.59 Å². The van der Waals surface area contributed by atoms with Crippen molar-refractivity contribution in [3.05, 3.63) is 75.5 Å². The molecule has 3 aromatic rings. The summed E-state index contributed by atoms with van der Waals surface area (Å²) >= 11 is 5.91. The Kier molecular flexibility index (Phi) is 5.09. The molecule has 0 aliphatic carbocycles. The number of aromatic amines is 1. The molecule has 130 valence electrons. The number of rotatable bonds is 3. The van der Waals surface area contributed by atoms with Crippen LogP contribution in [0, 0.1) is 0 Å². The lowest BCUT2D eigenvalue weighted by molar-refractivity contribution is -0.136. The average Bonchev–Trinajstić information content (AvgIpc) is 2.63. The first-order chi connectivity index (χ1) is 12.5. The third-order valence-electron chi connectivity index (χ3n) is 3.48. The maximum absolute atomic E-state index is 12.0. The van der Waals surface area contributed by atoms with Crippen LogP contribution in [0.2, 0.25) is 5.02 Å². The molecule has 8 heteroatoms. The molecule has 0 fully saturated rings. The molecule has 0 saturated heterocycles. The number of pyridine rings is 1. The highest BCUT2D eigenvalue weighted by Gasteiger charge is 2.14. The van der Waals surface area contributed by atoms with Crippen molar-refractivity contribution >= 4 is 46.2 Å². The molecule has 2 amide bonds. The van der Waals surface area contributed by atoms with Gasteiger partial charge in [-0.15, -0.1) is 0 Å². The maximum atomic E-state index is 12.0. The topological polar surface area (TPSA) is 103 Å². The van der Waals surface area contributed by atoms with Crippen LogP contribution in [0.25, 0.3) is 10.9 Å². The van der Waals surface area contributed by atoms with Crippen LogP contribution in [0.4, 0.5) is 5.69 Å². The summed E-state index contributed by atoms with van der Waals surface area (Å²) in [5, 5.41) is 7.15. The molecule has 2 aromatic carbocycles. The van der Waals surface area contributed by atoms with Gasteiger partial charge < -0.3 is 10.3 Å². The van der Waals surface area contributed by atoms with Gasteiger partial charge in [-0.25, -0.2) is 5.43 Å². The van der Waals surface area contributed by atoms with Crippen molar-refractivity contribution < 1.29 is 9.59 Å². The third-order valence-corrected chi connectivity index (χ3v) is 3.81. The quantitative estimate of drug-likeness (QED) is 0.375. The summed E-state index contributed by atoms with van der Waals surface area (Å²) in [6, 6.07) is 15.4. The van der Waals surface area contributed by atoms with E-state index in [4.69, 9.17) is 11.6 Å². The number of amides is 2. The van der Waals surface area contributed by atoms with Gasteiger partial charge in [-0.3, -0.25) is 14.4 Å². The first-order valence-electron chi connectivity index (χ1n) is 7.55. The number of anilines is 1. The summed E-state index contributed by atoms with van der Waals surface area (Å²) in [6.45, 7) is 0. The molecule has 0 atom stereocenters. The van der Waals surface area contributed by atoms with E-state index in [9.17, 15) is 14.4 Å². The fraction of sp³-hybridized carbons (Fsp3) is 0. The number of nitrogens with zero attached hydrogens (tertiary/aromatic N) is 1. The van der Waals surface area contributed by atoms with Crippen LogP contribution >= 0.6 is 11.6 Å². The zero-order valence-corrected chi connectivity index (χ0v) is 14.1. The average molecular weight is 369 g/mol. The summed E-state index contributed by atoms with van der Waals surface area (Å²) in [5.41, 5.74) is 2.96. The number of aromatic nitrogens is 1. The number of hydrazone groups is 1. The number of H-pyrrole nitrogens is 1. The van der Waals surface area contributed by atoms with Gasteiger partial charge in [-0.2, -0.15) is 5.10 Å². The van der Waals surface area contributed by atoms with E-state index in [1.165, 1.54) is 6.21 Å². The van der Waals surface area contributed by atoms with Crippen LogP contribution in [-0.4, -0.2) is 23.0 Å². The lowest BCUT2D eigenvalue weighted by Crippen LogP contribution is -2.32. The molecule has 3 N–H and O–H groups in total. The lowest BCUT2D eigenvalue weighted by atomic mass is 10.2. The number of para-hydroxylation sites is 2. The van der Waals surface area contributed by atoms with Gasteiger partial charge in [0.05, 0.1) is 22.5 Å². The lowest BCUT2D eigenvalue weighted by Gasteiger charge is -2.05. The number of hydrogen-bond acceptors (Lipinski definition) is 4. The predicted octanol–water partition coefficient (Wildman–Crippen LogP) is 2.27. The van der Waals surface area contributed by atoms with E-state index in [2.05, 4.69) is 20.8 Å². The second-order valence-corrected chi connectivity index (χ2v) is 5.68. The predicted molar refractivity (Wildman–Crippen MR) is 100 cm³/mol. The van der Waals surface area contributed by atoms with Crippen molar-refractivity contribution in [3.8, 4) is 0 Å². The van der Waals surface area contributed by atoms with Crippen LogP contribution in [0.1, 0.15) is 5.56 Å². The molecule has 3 rings (SSSR count). The molecule has 0 aliphatic rings. The van der Waals surface area contributed by atoms with Crippen LogP contribution in [0.3, 0.4) is 0 Å². The first kappa shape index (κ1) is 17.4. The van der Waals surface area contributed by atoms with Gasteiger partial charge in [0, 0.05) is 5.52 Å². The Morgan fingerprint density at radius 1 is 1.04 bits per heavy atom. The number of carbonyl (C=O) groups is 2. The Morgan fingerprint density at radius 2 is 1.77 bits per heavy atom. The van der Waals surface area contributed by atoms with E-state index >= 15 is 0 Å². The van der Waals surface area contributed by atoms with Gasteiger partial charge in [0.25, 0.3) is 5.56 Å². The molecular weight excluding hydrogens is 356 g/mol. The monoisotopic (exact) mass is 368 g/mol. The minimum atomic E-state index is -0.988. The molecule has 1 aromatic heterocycles. The van der Waals surface area contributed by atoms with Crippen molar-refractivity contribution in [2.45, 2.75) is 0 Å². The largest absolute Gasteiger partial charge is 0.329 e. The first-order valence-corrected chi connectivity index (χ1v) is 7.93. The van der Waals surface area contributed by atoms with Gasteiger partial charge in [0.1, 0.15) is 0 Å². The van der Waals surface area contributed by atoms with E-state index in [1.807, 2.05) is 18.2 Å². The molecule has 1 heterocycles. The Labute approximate surface area is 152 Å². The standard InChI is InChI=1S/C18H13ClN4O3/c19-13-6-2-4-8-15(13)22-17(25)18(26)23-20-10-12-9-11-5-1-3-7-14(11)21-16(12)24/h1-10H,(H,21,24)(H,22,25)(H,23,26)/b20-10+. The maximum Gasteiger partial charge on any atom is 0.329 e. The second kappa shape index (κ2) is 7.62. The second-order valence-electron chi connectivity index (χ2n) is 5.27. The highest BCUT2D eigenvalue weighted by Crippen LogP contribution is 2.20. The van der Waals surface area contributed by atoms with E-state index in [0.29, 0.717) is 16.2 Å². The minimum absolute atomic E-state index is 0.246. The number of fused-ring (bicyclic) bond motifs is 1. The molecule has 7 nitrogen and oxygen atoms in total.